The molecule has 0 amide bonds. The number of hydrogen-bond acceptors (Lipinski definition) is 6. The van der Waals surface area contributed by atoms with Crippen molar-refractivity contribution in [1.29, 1.82) is 0 Å². The Morgan fingerprint density at radius 1 is 1.20 bits per heavy atom. The molecule has 0 atom stereocenters. The molecule has 0 saturated carbocycles. The highest BCUT2D eigenvalue weighted by Gasteiger charge is 2.20. The number of benzene rings is 1. The van der Waals surface area contributed by atoms with E-state index < -0.39 is 17.7 Å². The molecule has 0 radical (unpaired) electrons. The van der Waals surface area contributed by atoms with Gasteiger partial charge in [0.1, 0.15) is 17.1 Å². The van der Waals surface area contributed by atoms with Gasteiger partial charge in [-0.2, -0.15) is 0 Å². The summed E-state index contributed by atoms with van der Waals surface area (Å²) in [6.45, 7) is 0. The van der Waals surface area contributed by atoms with Crippen LogP contribution in [0.1, 0.15) is 20.8 Å². The SMILES string of the molecule is COc1cc(O)c(C(=O)O)cc1-c1cc(C(=O)O)no1. The highest BCUT2D eigenvalue weighted by molar-refractivity contribution is 5.94. The molecule has 0 aliphatic heterocycles. The Hall–Kier alpha value is -3.03. The molecule has 0 saturated heterocycles. The van der Waals surface area contributed by atoms with Gasteiger partial charge in [0.15, 0.2) is 11.5 Å². The van der Waals surface area contributed by atoms with Crippen LogP contribution in [0.15, 0.2) is 22.7 Å². The third kappa shape index (κ3) is 2.26. The van der Waals surface area contributed by atoms with Gasteiger partial charge in [-0.15, -0.1) is 0 Å². The molecule has 104 valence electrons. The molecule has 0 aliphatic rings. The summed E-state index contributed by atoms with van der Waals surface area (Å²) in [5, 5.41) is 30.6. The van der Waals surface area contributed by atoms with E-state index in [4.69, 9.17) is 19.5 Å². The average molecular weight is 279 g/mol. The first kappa shape index (κ1) is 13.4. The number of nitrogens with zero attached hydrogens (tertiary/aromatic N) is 1. The number of carboxylic acid groups (broad SMARTS) is 2. The molecule has 0 spiro atoms. The Labute approximate surface area is 111 Å². The highest BCUT2D eigenvalue weighted by Crippen LogP contribution is 2.35. The molecule has 2 rings (SSSR count). The van der Waals surface area contributed by atoms with Crippen LogP contribution in [0.2, 0.25) is 0 Å². The molecule has 2 aromatic rings. The molecule has 0 fully saturated rings. The first-order valence-corrected chi connectivity index (χ1v) is 5.28. The number of aromatic hydroxyl groups is 1. The third-order valence-corrected chi connectivity index (χ3v) is 2.54. The van der Waals surface area contributed by atoms with Gasteiger partial charge < -0.3 is 24.6 Å². The van der Waals surface area contributed by atoms with Gasteiger partial charge in [0.2, 0.25) is 0 Å². The predicted molar refractivity (Wildman–Crippen MR) is 64.1 cm³/mol. The fraction of sp³-hybridized carbons (Fsp3) is 0.0833. The van der Waals surface area contributed by atoms with Crippen LogP contribution in [0.5, 0.6) is 11.5 Å². The lowest BCUT2D eigenvalue weighted by Crippen LogP contribution is -1.99. The van der Waals surface area contributed by atoms with Crippen molar-refractivity contribution < 1.29 is 34.2 Å². The van der Waals surface area contributed by atoms with Crippen LogP contribution in [0.4, 0.5) is 0 Å². The molecule has 20 heavy (non-hydrogen) atoms. The van der Waals surface area contributed by atoms with E-state index in [1.807, 2.05) is 0 Å². The number of ether oxygens (including phenoxy) is 1. The summed E-state index contributed by atoms with van der Waals surface area (Å²) in [5.74, 6) is -2.96. The summed E-state index contributed by atoms with van der Waals surface area (Å²) < 4.78 is 9.84. The number of methoxy groups -OCH3 is 1. The van der Waals surface area contributed by atoms with E-state index in [2.05, 4.69) is 5.16 Å². The summed E-state index contributed by atoms with van der Waals surface area (Å²) in [7, 11) is 1.31. The topological polar surface area (TPSA) is 130 Å². The lowest BCUT2D eigenvalue weighted by Gasteiger charge is -2.08. The first-order valence-electron chi connectivity index (χ1n) is 5.28. The Kier molecular flexibility index (Phi) is 3.30. The summed E-state index contributed by atoms with van der Waals surface area (Å²) in [4.78, 5) is 21.7. The molecule has 8 nitrogen and oxygen atoms in total. The van der Waals surface area contributed by atoms with Crippen molar-refractivity contribution in [2.75, 3.05) is 7.11 Å². The number of carbonyl (C=O) groups is 2. The second-order valence-electron chi connectivity index (χ2n) is 3.76. The molecule has 8 heteroatoms. The van der Waals surface area contributed by atoms with E-state index in [0.29, 0.717) is 0 Å². The number of rotatable bonds is 4. The molecule has 1 aromatic heterocycles. The first-order chi connectivity index (χ1) is 9.43. The number of phenols is 1. The van der Waals surface area contributed by atoms with Gasteiger partial charge in [-0.05, 0) is 6.07 Å². The van der Waals surface area contributed by atoms with Crippen LogP contribution in [0, 0.1) is 0 Å². The minimum atomic E-state index is -1.34. The maximum Gasteiger partial charge on any atom is 0.358 e. The second kappa shape index (κ2) is 4.92. The smallest absolute Gasteiger partial charge is 0.358 e. The lowest BCUT2D eigenvalue weighted by molar-refractivity contribution is 0.0678. The van der Waals surface area contributed by atoms with Gasteiger partial charge >= 0.3 is 11.9 Å². The third-order valence-electron chi connectivity index (χ3n) is 2.54. The maximum atomic E-state index is 11.0. The van der Waals surface area contributed by atoms with Crippen LogP contribution >= 0.6 is 0 Å². The molecule has 0 unspecified atom stereocenters. The van der Waals surface area contributed by atoms with E-state index in [1.54, 1.807) is 0 Å². The monoisotopic (exact) mass is 279 g/mol. The minimum absolute atomic E-state index is 0.0155. The molecular weight excluding hydrogens is 270 g/mol. The molecule has 3 N–H and O–H groups in total. The number of hydrogen-bond donors (Lipinski definition) is 3. The van der Waals surface area contributed by atoms with Crippen molar-refractivity contribution in [3.8, 4) is 22.8 Å². The van der Waals surface area contributed by atoms with E-state index in [0.717, 1.165) is 18.2 Å². The Balaban J connectivity index is 2.61. The lowest BCUT2D eigenvalue weighted by atomic mass is 10.1. The zero-order valence-corrected chi connectivity index (χ0v) is 10.2. The van der Waals surface area contributed by atoms with Crippen LogP contribution in [0.25, 0.3) is 11.3 Å². The van der Waals surface area contributed by atoms with Crippen LogP contribution < -0.4 is 4.74 Å². The van der Waals surface area contributed by atoms with Gasteiger partial charge in [-0.3, -0.25) is 0 Å². The summed E-state index contributed by atoms with van der Waals surface area (Å²) >= 11 is 0. The fourth-order valence-electron chi connectivity index (χ4n) is 1.60. The molecule has 1 heterocycles. The number of aromatic nitrogens is 1. The minimum Gasteiger partial charge on any atom is -0.507 e. The van der Waals surface area contributed by atoms with Crippen molar-refractivity contribution in [3.63, 3.8) is 0 Å². The quantitative estimate of drug-likeness (QED) is 0.766. The molecule has 1 aromatic carbocycles. The summed E-state index contributed by atoms with van der Waals surface area (Å²) in [5.41, 5.74) is -0.524. The van der Waals surface area contributed by atoms with Crippen LogP contribution in [0.3, 0.4) is 0 Å². The molecule has 0 aliphatic carbocycles. The van der Waals surface area contributed by atoms with Gasteiger partial charge in [-0.25, -0.2) is 9.59 Å². The second-order valence-corrected chi connectivity index (χ2v) is 3.76. The van der Waals surface area contributed by atoms with E-state index in [9.17, 15) is 14.7 Å². The average Bonchev–Trinajstić information content (AvgIpc) is 2.87. The zero-order valence-electron chi connectivity index (χ0n) is 10.2. The Morgan fingerprint density at radius 3 is 2.40 bits per heavy atom. The van der Waals surface area contributed by atoms with E-state index in [1.165, 1.54) is 7.11 Å². The Bertz CT molecular complexity index is 689. The Morgan fingerprint density at radius 2 is 1.90 bits per heavy atom. The van der Waals surface area contributed by atoms with Gasteiger partial charge in [-0.1, -0.05) is 5.16 Å². The van der Waals surface area contributed by atoms with Crippen molar-refractivity contribution in [1.82, 2.24) is 5.16 Å². The van der Waals surface area contributed by atoms with Crippen LogP contribution in [-0.2, 0) is 0 Å². The van der Waals surface area contributed by atoms with Gasteiger partial charge in [0.25, 0.3) is 0 Å². The van der Waals surface area contributed by atoms with Crippen LogP contribution in [-0.4, -0.2) is 39.5 Å². The molecule has 0 bridgehead atoms. The van der Waals surface area contributed by atoms with Gasteiger partial charge in [0.05, 0.1) is 12.7 Å². The summed E-state index contributed by atoms with van der Waals surface area (Å²) in [6, 6.07) is 3.34. The fourth-order valence-corrected chi connectivity index (χ4v) is 1.60. The van der Waals surface area contributed by atoms with Crippen molar-refractivity contribution in [2.45, 2.75) is 0 Å². The van der Waals surface area contributed by atoms with Gasteiger partial charge in [0, 0.05) is 12.1 Å². The van der Waals surface area contributed by atoms with Crippen molar-refractivity contribution >= 4 is 11.9 Å². The van der Waals surface area contributed by atoms with E-state index >= 15 is 0 Å². The number of aromatic carboxylic acids is 2. The largest absolute Gasteiger partial charge is 0.507 e. The maximum absolute atomic E-state index is 11.0. The molecular formula is C12H9NO7. The number of carboxylic acids is 2. The van der Waals surface area contributed by atoms with E-state index in [-0.39, 0.29) is 28.3 Å². The zero-order chi connectivity index (χ0) is 14.9. The highest BCUT2D eigenvalue weighted by atomic mass is 16.5. The summed E-state index contributed by atoms with van der Waals surface area (Å²) in [6.07, 6.45) is 0. The normalized spacial score (nSPS) is 10.2. The standard InChI is InChI=1S/C12H9NO7/c1-19-9-4-8(14)5(11(15)16)2-6(9)10-3-7(12(17)18)13-20-10/h2-4,14H,1H3,(H,15,16)(H,17,18). The predicted octanol–water partition coefficient (Wildman–Crippen LogP) is 1.45. The van der Waals surface area contributed by atoms with Crippen molar-refractivity contribution in [2.24, 2.45) is 0 Å². The van der Waals surface area contributed by atoms with Crippen molar-refractivity contribution in [3.05, 3.63) is 29.5 Å².